The fourth-order valence-corrected chi connectivity index (χ4v) is 2.70. The largest absolute Gasteiger partial charge is 0.401 e. The molecule has 7 heteroatoms. The van der Waals surface area contributed by atoms with Crippen molar-refractivity contribution < 1.29 is 17.9 Å². The lowest BCUT2D eigenvalue weighted by Gasteiger charge is -2.36. The number of alkyl halides is 3. The normalized spacial score (nSPS) is 18.5. The molecule has 1 aliphatic heterocycles. The topological polar surface area (TPSA) is 28.6 Å². The Hall–Kier alpha value is -1.34. The second-order valence-corrected chi connectivity index (χ2v) is 5.65. The van der Waals surface area contributed by atoms with Crippen LogP contribution in [0.3, 0.4) is 0 Å². The molecule has 0 amide bonds. The summed E-state index contributed by atoms with van der Waals surface area (Å²) in [6.07, 6.45) is -2.42. The van der Waals surface area contributed by atoms with Gasteiger partial charge in [0.05, 0.1) is 30.2 Å². The van der Waals surface area contributed by atoms with Crippen molar-refractivity contribution in [1.29, 1.82) is 0 Å². The van der Waals surface area contributed by atoms with Crippen molar-refractivity contribution in [2.24, 2.45) is 0 Å². The minimum atomic E-state index is -4.13. The molecule has 0 saturated carbocycles. The first-order valence-electron chi connectivity index (χ1n) is 7.33. The molecule has 1 atom stereocenters. The van der Waals surface area contributed by atoms with E-state index in [0.29, 0.717) is 26.2 Å². The molecule has 1 aromatic heterocycles. The zero-order valence-electron chi connectivity index (χ0n) is 13.2. The van der Waals surface area contributed by atoms with Crippen molar-refractivity contribution in [2.45, 2.75) is 26.1 Å². The van der Waals surface area contributed by atoms with E-state index < -0.39 is 12.7 Å². The number of rotatable bonds is 4. The lowest BCUT2D eigenvalue weighted by atomic mass is 10.1. The van der Waals surface area contributed by atoms with Crippen LogP contribution in [0.25, 0.3) is 0 Å². The lowest BCUT2D eigenvalue weighted by molar-refractivity contribution is -0.146. The molecule has 0 bridgehead atoms. The van der Waals surface area contributed by atoms with Gasteiger partial charge in [-0.2, -0.15) is 13.2 Å². The summed E-state index contributed by atoms with van der Waals surface area (Å²) in [5, 5.41) is 0. The van der Waals surface area contributed by atoms with Gasteiger partial charge in [-0.3, -0.25) is 9.88 Å². The molecule has 4 nitrogen and oxygen atoms in total. The third kappa shape index (κ3) is 4.33. The molecular formula is C15H22F3N3O. The van der Waals surface area contributed by atoms with Crippen LogP contribution in [-0.4, -0.2) is 55.9 Å². The van der Waals surface area contributed by atoms with Crippen LogP contribution in [0, 0.1) is 6.92 Å². The summed E-state index contributed by atoms with van der Waals surface area (Å²) in [5.74, 6) is 0. The van der Waals surface area contributed by atoms with Gasteiger partial charge in [0.2, 0.25) is 0 Å². The number of halogens is 3. The Labute approximate surface area is 128 Å². The van der Waals surface area contributed by atoms with Crippen molar-refractivity contribution in [3.8, 4) is 0 Å². The molecule has 0 aromatic carbocycles. The highest BCUT2D eigenvalue weighted by Crippen LogP contribution is 2.24. The maximum absolute atomic E-state index is 12.4. The Balaban J connectivity index is 1.98. The quantitative estimate of drug-likeness (QED) is 0.854. The maximum atomic E-state index is 12.4. The minimum Gasteiger partial charge on any atom is -0.375 e. The number of pyridine rings is 1. The number of methoxy groups -OCH3 is 1. The standard InChI is InChI=1S/C15H22F3N3O/c1-11-8-13(9-19-14(11)12(2)22-3)21-6-4-20(5-7-21)10-15(16,17)18/h8-9,12H,4-7,10H2,1-3H3/t12-/m0/s1. The molecule has 0 unspecified atom stereocenters. The molecular weight excluding hydrogens is 295 g/mol. The number of hydrogen-bond acceptors (Lipinski definition) is 4. The van der Waals surface area contributed by atoms with Crippen LogP contribution in [0.15, 0.2) is 12.3 Å². The third-order valence-electron chi connectivity index (χ3n) is 3.98. The van der Waals surface area contributed by atoms with Crippen LogP contribution in [0.1, 0.15) is 24.3 Å². The van der Waals surface area contributed by atoms with Gasteiger partial charge in [-0.1, -0.05) is 0 Å². The molecule has 0 spiro atoms. The first kappa shape index (κ1) is 17.0. The number of piperazine rings is 1. The van der Waals surface area contributed by atoms with Crippen molar-refractivity contribution in [2.75, 3.05) is 44.7 Å². The first-order valence-corrected chi connectivity index (χ1v) is 7.33. The van der Waals surface area contributed by atoms with Gasteiger partial charge >= 0.3 is 6.18 Å². The van der Waals surface area contributed by atoms with E-state index in [1.807, 2.05) is 19.9 Å². The Kier molecular flexibility index (Phi) is 5.28. The number of ether oxygens (including phenoxy) is 1. The molecule has 22 heavy (non-hydrogen) atoms. The molecule has 1 aliphatic rings. The van der Waals surface area contributed by atoms with E-state index in [1.54, 1.807) is 13.3 Å². The van der Waals surface area contributed by atoms with E-state index in [9.17, 15) is 13.2 Å². The molecule has 2 rings (SSSR count). The van der Waals surface area contributed by atoms with E-state index >= 15 is 0 Å². The molecule has 1 saturated heterocycles. The van der Waals surface area contributed by atoms with Crippen LogP contribution in [0.5, 0.6) is 0 Å². The summed E-state index contributed by atoms with van der Waals surface area (Å²) < 4.78 is 42.4. The number of hydrogen-bond donors (Lipinski definition) is 0. The number of aryl methyl sites for hydroxylation is 1. The summed E-state index contributed by atoms with van der Waals surface area (Å²) in [7, 11) is 1.64. The zero-order chi connectivity index (χ0) is 16.3. The van der Waals surface area contributed by atoms with Crippen LogP contribution >= 0.6 is 0 Å². The summed E-state index contributed by atoms with van der Waals surface area (Å²) in [6.45, 7) is 5.06. The lowest BCUT2D eigenvalue weighted by Crippen LogP contribution is -2.49. The van der Waals surface area contributed by atoms with Gasteiger partial charge in [0, 0.05) is 33.3 Å². The SMILES string of the molecule is CO[C@@H](C)c1ncc(N2CCN(CC(F)(F)F)CC2)cc1C. The van der Waals surface area contributed by atoms with E-state index in [2.05, 4.69) is 9.88 Å². The molecule has 2 heterocycles. The summed E-state index contributed by atoms with van der Waals surface area (Å²) in [4.78, 5) is 7.96. The fourth-order valence-electron chi connectivity index (χ4n) is 2.70. The first-order chi connectivity index (χ1) is 10.3. The zero-order valence-corrected chi connectivity index (χ0v) is 13.2. The van der Waals surface area contributed by atoms with Crippen molar-refractivity contribution in [1.82, 2.24) is 9.88 Å². The van der Waals surface area contributed by atoms with Crippen molar-refractivity contribution in [3.05, 3.63) is 23.5 Å². The Morgan fingerprint density at radius 2 is 1.91 bits per heavy atom. The highest BCUT2D eigenvalue weighted by Gasteiger charge is 2.32. The number of nitrogens with zero attached hydrogens (tertiary/aromatic N) is 3. The number of anilines is 1. The second kappa shape index (κ2) is 6.83. The van der Waals surface area contributed by atoms with Gasteiger partial charge in [-0.25, -0.2) is 0 Å². The van der Waals surface area contributed by atoms with Gasteiger partial charge in [0.15, 0.2) is 0 Å². The summed E-state index contributed by atoms with van der Waals surface area (Å²) in [6, 6.07) is 2.03. The van der Waals surface area contributed by atoms with E-state index in [1.165, 1.54) is 4.90 Å². The molecule has 1 aromatic rings. The summed E-state index contributed by atoms with van der Waals surface area (Å²) >= 11 is 0. The van der Waals surface area contributed by atoms with Gasteiger partial charge in [-0.15, -0.1) is 0 Å². The smallest absolute Gasteiger partial charge is 0.375 e. The van der Waals surface area contributed by atoms with E-state index in [-0.39, 0.29) is 6.10 Å². The van der Waals surface area contributed by atoms with Crippen molar-refractivity contribution >= 4 is 5.69 Å². The van der Waals surface area contributed by atoms with Crippen LogP contribution in [0.4, 0.5) is 18.9 Å². The monoisotopic (exact) mass is 317 g/mol. The van der Waals surface area contributed by atoms with Gasteiger partial charge in [-0.05, 0) is 25.5 Å². The maximum Gasteiger partial charge on any atom is 0.401 e. The van der Waals surface area contributed by atoms with Crippen LogP contribution in [-0.2, 0) is 4.74 Å². The van der Waals surface area contributed by atoms with Gasteiger partial charge in [0.25, 0.3) is 0 Å². The van der Waals surface area contributed by atoms with Gasteiger partial charge in [0.1, 0.15) is 0 Å². The number of aromatic nitrogens is 1. The van der Waals surface area contributed by atoms with E-state index in [0.717, 1.165) is 16.9 Å². The molecule has 1 fully saturated rings. The van der Waals surface area contributed by atoms with Crippen LogP contribution in [0.2, 0.25) is 0 Å². The minimum absolute atomic E-state index is 0.0716. The molecule has 0 radical (unpaired) electrons. The van der Waals surface area contributed by atoms with Crippen molar-refractivity contribution in [3.63, 3.8) is 0 Å². The summed E-state index contributed by atoms with van der Waals surface area (Å²) in [5.41, 5.74) is 2.88. The molecule has 0 aliphatic carbocycles. The second-order valence-electron chi connectivity index (χ2n) is 5.65. The fraction of sp³-hybridized carbons (Fsp3) is 0.667. The Morgan fingerprint density at radius 1 is 1.27 bits per heavy atom. The highest BCUT2D eigenvalue weighted by molar-refractivity contribution is 5.48. The predicted octanol–water partition coefficient (Wildman–Crippen LogP) is 2.78. The Bertz CT molecular complexity index is 499. The molecule has 0 N–H and O–H groups in total. The highest BCUT2D eigenvalue weighted by atomic mass is 19.4. The average Bonchev–Trinajstić information content (AvgIpc) is 2.45. The van der Waals surface area contributed by atoms with E-state index in [4.69, 9.17) is 4.74 Å². The average molecular weight is 317 g/mol. The molecule has 124 valence electrons. The Morgan fingerprint density at radius 3 is 2.41 bits per heavy atom. The van der Waals surface area contributed by atoms with Gasteiger partial charge < -0.3 is 9.64 Å². The predicted molar refractivity (Wildman–Crippen MR) is 79.1 cm³/mol. The third-order valence-corrected chi connectivity index (χ3v) is 3.98. The van der Waals surface area contributed by atoms with Crippen LogP contribution < -0.4 is 4.90 Å².